The number of carbonyl (C=O) groups is 1. The van der Waals surface area contributed by atoms with E-state index < -0.39 is 10.8 Å². The number of amides is 1. The standard InChI is InChI=1S/C17H22N4O4/c1-11-6-7-12(21(23)24)13(8-11)25-10-16(22)18-15-9-14(17(2,3)4)19-20(15)5/h6-9H,10H2,1-5H3,(H,18,22). The molecule has 0 aliphatic carbocycles. The molecule has 0 aliphatic heterocycles. The van der Waals surface area contributed by atoms with Crippen molar-refractivity contribution in [3.05, 3.63) is 45.6 Å². The minimum Gasteiger partial charge on any atom is -0.477 e. The molecule has 0 saturated carbocycles. The van der Waals surface area contributed by atoms with Crippen LogP contribution < -0.4 is 10.1 Å². The molecule has 0 fully saturated rings. The molecule has 0 radical (unpaired) electrons. The van der Waals surface area contributed by atoms with Crippen molar-refractivity contribution in [2.45, 2.75) is 33.1 Å². The van der Waals surface area contributed by atoms with Gasteiger partial charge in [0.2, 0.25) is 0 Å². The number of nitro benzene ring substituents is 1. The second-order valence-corrected chi connectivity index (χ2v) is 6.85. The minimum absolute atomic E-state index is 0.0699. The van der Waals surface area contributed by atoms with Crippen molar-refractivity contribution in [1.82, 2.24) is 9.78 Å². The van der Waals surface area contributed by atoms with Gasteiger partial charge in [0.15, 0.2) is 12.4 Å². The molecule has 0 aliphatic rings. The lowest BCUT2D eigenvalue weighted by Gasteiger charge is -2.13. The summed E-state index contributed by atoms with van der Waals surface area (Å²) in [7, 11) is 1.73. The highest BCUT2D eigenvalue weighted by atomic mass is 16.6. The topological polar surface area (TPSA) is 99.3 Å². The fourth-order valence-electron chi connectivity index (χ4n) is 2.16. The van der Waals surface area contributed by atoms with Crippen LogP contribution >= 0.6 is 0 Å². The Labute approximate surface area is 145 Å². The van der Waals surface area contributed by atoms with Gasteiger partial charge in [-0.2, -0.15) is 5.10 Å². The lowest BCUT2D eigenvalue weighted by atomic mass is 9.92. The van der Waals surface area contributed by atoms with Crippen LogP contribution in [0.2, 0.25) is 0 Å². The number of aromatic nitrogens is 2. The molecule has 1 aromatic heterocycles. The van der Waals surface area contributed by atoms with E-state index in [1.54, 1.807) is 30.8 Å². The van der Waals surface area contributed by atoms with Gasteiger partial charge in [-0.15, -0.1) is 0 Å². The minimum atomic E-state index is -0.538. The quantitative estimate of drug-likeness (QED) is 0.663. The molecule has 25 heavy (non-hydrogen) atoms. The molecular weight excluding hydrogens is 324 g/mol. The maximum Gasteiger partial charge on any atom is 0.310 e. The average molecular weight is 346 g/mol. The van der Waals surface area contributed by atoms with E-state index in [9.17, 15) is 14.9 Å². The summed E-state index contributed by atoms with van der Waals surface area (Å²) in [6.07, 6.45) is 0. The lowest BCUT2D eigenvalue weighted by molar-refractivity contribution is -0.385. The van der Waals surface area contributed by atoms with Gasteiger partial charge in [-0.25, -0.2) is 0 Å². The van der Waals surface area contributed by atoms with Crippen LogP contribution in [0, 0.1) is 17.0 Å². The number of nitrogens with zero attached hydrogens (tertiary/aromatic N) is 3. The maximum absolute atomic E-state index is 12.1. The molecule has 8 heteroatoms. The second kappa shape index (κ2) is 6.92. The van der Waals surface area contributed by atoms with Gasteiger partial charge in [0.05, 0.1) is 10.6 Å². The summed E-state index contributed by atoms with van der Waals surface area (Å²) in [4.78, 5) is 22.6. The second-order valence-electron chi connectivity index (χ2n) is 6.85. The Bertz CT molecular complexity index is 805. The molecule has 0 saturated heterocycles. The number of rotatable bonds is 5. The number of nitrogens with one attached hydrogen (secondary N) is 1. The van der Waals surface area contributed by atoms with Gasteiger partial charge < -0.3 is 10.1 Å². The molecule has 1 N–H and O–H groups in total. The Morgan fingerprint density at radius 2 is 2.04 bits per heavy atom. The molecule has 2 aromatic rings. The van der Waals surface area contributed by atoms with Crippen LogP contribution in [0.3, 0.4) is 0 Å². The highest BCUT2D eigenvalue weighted by Gasteiger charge is 2.20. The summed E-state index contributed by atoms with van der Waals surface area (Å²) in [5, 5.41) is 18.1. The van der Waals surface area contributed by atoms with E-state index in [0.29, 0.717) is 5.82 Å². The smallest absolute Gasteiger partial charge is 0.310 e. The third-order valence-electron chi connectivity index (χ3n) is 3.59. The van der Waals surface area contributed by atoms with Crippen molar-refractivity contribution in [1.29, 1.82) is 0 Å². The van der Waals surface area contributed by atoms with Crippen molar-refractivity contribution >= 4 is 17.4 Å². The number of aryl methyl sites for hydroxylation is 2. The van der Waals surface area contributed by atoms with Crippen LogP contribution in [0.4, 0.5) is 11.5 Å². The first-order chi connectivity index (χ1) is 11.6. The number of ether oxygens (including phenoxy) is 1. The lowest BCUT2D eigenvalue weighted by Crippen LogP contribution is -2.21. The molecule has 1 aromatic carbocycles. The first-order valence-electron chi connectivity index (χ1n) is 7.80. The fraction of sp³-hybridized carbons (Fsp3) is 0.412. The zero-order valence-corrected chi connectivity index (χ0v) is 15.0. The highest BCUT2D eigenvalue weighted by molar-refractivity contribution is 5.91. The molecule has 134 valence electrons. The Morgan fingerprint density at radius 3 is 2.60 bits per heavy atom. The Balaban J connectivity index is 2.06. The largest absolute Gasteiger partial charge is 0.477 e. The van der Waals surface area contributed by atoms with Crippen molar-refractivity contribution in [3.63, 3.8) is 0 Å². The van der Waals surface area contributed by atoms with E-state index in [4.69, 9.17) is 4.74 Å². The predicted octanol–water partition coefficient (Wildman–Crippen LogP) is 2.95. The predicted molar refractivity (Wildman–Crippen MR) is 93.9 cm³/mol. The number of nitro groups is 1. The molecule has 2 rings (SSSR count). The number of hydrogen-bond donors (Lipinski definition) is 1. The summed E-state index contributed by atoms with van der Waals surface area (Å²) in [5.74, 6) is 0.192. The molecule has 1 amide bonds. The van der Waals surface area contributed by atoms with Crippen LogP contribution in [-0.4, -0.2) is 27.2 Å². The number of anilines is 1. The van der Waals surface area contributed by atoms with Gasteiger partial charge in [-0.05, 0) is 18.6 Å². The summed E-state index contributed by atoms with van der Waals surface area (Å²) in [6, 6.07) is 6.31. The first kappa shape index (κ1) is 18.4. The van der Waals surface area contributed by atoms with Crippen LogP contribution in [0.25, 0.3) is 0 Å². The van der Waals surface area contributed by atoms with Crippen molar-refractivity contribution in [2.75, 3.05) is 11.9 Å². The Hall–Kier alpha value is -2.90. The van der Waals surface area contributed by atoms with Crippen LogP contribution in [0.15, 0.2) is 24.3 Å². The average Bonchev–Trinajstić information content (AvgIpc) is 2.86. The van der Waals surface area contributed by atoms with Gasteiger partial charge >= 0.3 is 5.69 Å². The van der Waals surface area contributed by atoms with Crippen LogP contribution in [-0.2, 0) is 17.3 Å². The Kier molecular flexibility index (Phi) is 5.10. The summed E-state index contributed by atoms with van der Waals surface area (Å²) >= 11 is 0. The van der Waals surface area contributed by atoms with Crippen molar-refractivity contribution in [3.8, 4) is 5.75 Å². The first-order valence-corrected chi connectivity index (χ1v) is 7.80. The monoisotopic (exact) mass is 346 g/mol. The third kappa shape index (κ3) is 4.56. The third-order valence-corrected chi connectivity index (χ3v) is 3.59. The summed E-state index contributed by atoms with van der Waals surface area (Å²) in [5.41, 5.74) is 1.34. The molecule has 0 unspecified atom stereocenters. The summed E-state index contributed by atoms with van der Waals surface area (Å²) in [6.45, 7) is 7.55. The van der Waals surface area contributed by atoms with E-state index in [1.807, 2.05) is 20.8 Å². The Morgan fingerprint density at radius 1 is 1.36 bits per heavy atom. The van der Waals surface area contributed by atoms with Gasteiger partial charge in [-0.1, -0.05) is 26.8 Å². The van der Waals surface area contributed by atoms with E-state index in [2.05, 4.69) is 10.4 Å². The number of benzene rings is 1. The van der Waals surface area contributed by atoms with Crippen LogP contribution in [0.1, 0.15) is 32.0 Å². The number of carbonyl (C=O) groups excluding carboxylic acids is 1. The fourth-order valence-corrected chi connectivity index (χ4v) is 2.16. The van der Waals surface area contributed by atoms with Crippen LogP contribution in [0.5, 0.6) is 5.75 Å². The molecule has 0 spiro atoms. The molecule has 0 bridgehead atoms. The number of hydrogen-bond acceptors (Lipinski definition) is 5. The van der Waals surface area contributed by atoms with E-state index in [-0.39, 0.29) is 23.5 Å². The maximum atomic E-state index is 12.1. The van der Waals surface area contributed by atoms with Crippen molar-refractivity contribution < 1.29 is 14.5 Å². The van der Waals surface area contributed by atoms with Gasteiger partial charge in [0.1, 0.15) is 5.82 Å². The summed E-state index contributed by atoms with van der Waals surface area (Å²) < 4.78 is 6.92. The SMILES string of the molecule is Cc1ccc([N+](=O)[O-])c(OCC(=O)Nc2cc(C(C)(C)C)nn2C)c1. The molecule has 0 atom stereocenters. The molecule has 8 nitrogen and oxygen atoms in total. The van der Waals surface area contributed by atoms with Crippen molar-refractivity contribution in [2.24, 2.45) is 7.05 Å². The zero-order chi connectivity index (χ0) is 18.8. The van der Waals surface area contributed by atoms with E-state index in [1.165, 1.54) is 12.1 Å². The van der Waals surface area contributed by atoms with E-state index >= 15 is 0 Å². The molecule has 1 heterocycles. The normalized spacial score (nSPS) is 11.2. The highest BCUT2D eigenvalue weighted by Crippen LogP contribution is 2.28. The van der Waals surface area contributed by atoms with Gasteiger partial charge in [0.25, 0.3) is 5.91 Å². The zero-order valence-electron chi connectivity index (χ0n) is 15.0. The van der Waals surface area contributed by atoms with Gasteiger partial charge in [-0.3, -0.25) is 19.6 Å². The van der Waals surface area contributed by atoms with E-state index in [0.717, 1.165) is 11.3 Å². The molecular formula is C17H22N4O4. The van der Waals surface area contributed by atoms with Gasteiger partial charge in [0, 0.05) is 24.6 Å².